The first kappa shape index (κ1) is 11.2. The fourth-order valence-electron chi connectivity index (χ4n) is 1.82. The van der Waals surface area contributed by atoms with Crippen LogP contribution in [-0.2, 0) is 4.79 Å². The molecule has 1 aliphatic heterocycles. The van der Waals surface area contributed by atoms with Crippen LogP contribution in [0.2, 0.25) is 0 Å². The van der Waals surface area contributed by atoms with Crippen molar-refractivity contribution in [2.45, 2.75) is 19.3 Å². The van der Waals surface area contributed by atoms with Gasteiger partial charge in [0.05, 0.1) is 0 Å². The van der Waals surface area contributed by atoms with Crippen molar-refractivity contribution in [3.8, 4) is 0 Å². The first-order chi connectivity index (χ1) is 6.72. The highest BCUT2D eigenvalue weighted by Crippen LogP contribution is 2.18. The average molecular weight is 196 g/mol. The van der Waals surface area contributed by atoms with Crippen molar-refractivity contribution in [2.75, 3.05) is 26.7 Å². The Kier molecular flexibility index (Phi) is 4.66. The minimum Gasteiger partial charge on any atom is -0.353 e. The molecule has 0 unspecified atom stereocenters. The van der Waals surface area contributed by atoms with Gasteiger partial charge in [0.25, 0.3) is 0 Å². The van der Waals surface area contributed by atoms with Crippen LogP contribution in [0, 0.1) is 5.92 Å². The number of piperidine rings is 1. The van der Waals surface area contributed by atoms with E-state index in [4.69, 9.17) is 0 Å². The Hall–Kier alpha value is -0.830. The molecule has 1 N–H and O–H groups in total. The predicted molar refractivity (Wildman–Crippen MR) is 58.0 cm³/mol. The van der Waals surface area contributed by atoms with Gasteiger partial charge in [-0.05, 0) is 51.4 Å². The molecule has 0 aromatic carbocycles. The number of nitrogens with zero attached hydrogens (tertiary/aromatic N) is 1. The van der Waals surface area contributed by atoms with Gasteiger partial charge in [-0.3, -0.25) is 4.79 Å². The monoisotopic (exact) mass is 196 g/mol. The van der Waals surface area contributed by atoms with Crippen molar-refractivity contribution < 1.29 is 4.79 Å². The molecule has 0 spiro atoms. The molecule has 0 aliphatic carbocycles. The summed E-state index contributed by atoms with van der Waals surface area (Å²) < 4.78 is 0. The number of carbonyl (C=O) groups is 1. The highest BCUT2D eigenvalue weighted by atomic mass is 16.1. The van der Waals surface area contributed by atoms with Gasteiger partial charge in [-0.2, -0.15) is 0 Å². The molecule has 1 fully saturated rings. The number of hydrogen-bond donors (Lipinski definition) is 1. The normalized spacial score (nSPS) is 19.2. The fourth-order valence-corrected chi connectivity index (χ4v) is 1.82. The maximum absolute atomic E-state index is 10.9. The summed E-state index contributed by atoms with van der Waals surface area (Å²) in [6, 6.07) is 0. The summed E-state index contributed by atoms with van der Waals surface area (Å²) in [6.45, 7) is 6.60. The number of nitrogens with one attached hydrogen (secondary N) is 1. The Labute approximate surface area is 86.2 Å². The molecule has 1 saturated heterocycles. The Morgan fingerprint density at radius 3 is 2.79 bits per heavy atom. The van der Waals surface area contributed by atoms with Crippen molar-refractivity contribution in [2.24, 2.45) is 5.92 Å². The smallest absolute Gasteiger partial charge is 0.243 e. The molecule has 14 heavy (non-hydrogen) atoms. The number of amides is 1. The fraction of sp³-hybridized carbons (Fsp3) is 0.727. The number of hydrogen-bond acceptors (Lipinski definition) is 2. The number of likely N-dealkylation sites (tertiary alicyclic amines) is 1. The van der Waals surface area contributed by atoms with Crippen LogP contribution in [0.25, 0.3) is 0 Å². The topological polar surface area (TPSA) is 32.3 Å². The van der Waals surface area contributed by atoms with Gasteiger partial charge in [0.1, 0.15) is 0 Å². The van der Waals surface area contributed by atoms with E-state index in [1.54, 1.807) is 0 Å². The molecule has 0 radical (unpaired) electrons. The lowest BCUT2D eigenvalue weighted by Gasteiger charge is -2.28. The molecule has 1 amide bonds. The van der Waals surface area contributed by atoms with Crippen LogP contribution in [0.15, 0.2) is 12.7 Å². The standard InChI is InChI=1S/C11H20N2O/c1-3-11(14)12-7-4-10-5-8-13(2)9-6-10/h3,10H,1,4-9H2,2H3,(H,12,14). The molecule has 0 aromatic rings. The molecule has 0 saturated carbocycles. The molecular weight excluding hydrogens is 176 g/mol. The van der Waals surface area contributed by atoms with E-state index in [9.17, 15) is 4.79 Å². The van der Waals surface area contributed by atoms with Crippen molar-refractivity contribution in [3.05, 3.63) is 12.7 Å². The first-order valence-corrected chi connectivity index (χ1v) is 5.31. The Morgan fingerprint density at radius 1 is 1.57 bits per heavy atom. The lowest BCUT2D eigenvalue weighted by Crippen LogP contribution is -2.32. The summed E-state index contributed by atoms with van der Waals surface area (Å²) in [5.74, 6) is 0.731. The van der Waals surface area contributed by atoms with E-state index in [0.29, 0.717) is 0 Å². The van der Waals surface area contributed by atoms with Crippen LogP contribution in [-0.4, -0.2) is 37.5 Å². The Balaban J connectivity index is 2.07. The molecular formula is C11H20N2O. The SMILES string of the molecule is C=CC(=O)NCCC1CCN(C)CC1. The predicted octanol–water partition coefficient (Wildman–Crippen LogP) is 1.02. The maximum Gasteiger partial charge on any atom is 0.243 e. The minimum atomic E-state index is -0.0575. The summed E-state index contributed by atoms with van der Waals surface area (Å²) in [5, 5.41) is 2.82. The van der Waals surface area contributed by atoms with Crippen LogP contribution < -0.4 is 5.32 Å². The van der Waals surface area contributed by atoms with Crippen LogP contribution in [0.5, 0.6) is 0 Å². The highest BCUT2D eigenvalue weighted by Gasteiger charge is 2.15. The lowest BCUT2D eigenvalue weighted by atomic mass is 9.94. The third-order valence-corrected chi connectivity index (χ3v) is 2.88. The van der Waals surface area contributed by atoms with Gasteiger partial charge >= 0.3 is 0 Å². The van der Waals surface area contributed by atoms with Crippen molar-refractivity contribution in [3.63, 3.8) is 0 Å². The lowest BCUT2D eigenvalue weighted by molar-refractivity contribution is -0.116. The van der Waals surface area contributed by atoms with Gasteiger partial charge in [-0.25, -0.2) is 0 Å². The van der Waals surface area contributed by atoms with Crippen LogP contribution in [0.4, 0.5) is 0 Å². The molecule has 1 aliphatic rings. The van der Waals surface area contributed by atoms with Gasteiger partial charge in [0.2, 0.25) is 5.91 Å². The van der Waals surface area contributed by atoms with Crippen LogP contribution in [0.1, 0.15) is 19.3 Å². The molecule has 3 nitrogen and oxygen atoms in total. The van der Waals surface area contributed by atoms with Crippen molar-refractivity contribution in [1.29, 1.82) is 0 Å². The zero-order valence-electron chi connectivity index (χ0n) is 8.96. The second-order valence-corrected chi connectivity index (χ2v) is 4.03. The zero-order chi connectivity index (χ0) is 10.4. The Bertz CT molecular complexity index is 195. The summed E-state index contributed by atoms with van der Waals surface area (Å²) >= 11 is 0. The van der Waals surface area contributed by atoms with E-state index < -0.39 is 0 Å². The summed E-state index contributed by atoms with van der Waals surface area (Å²) in [7, 11) is 2.16. The second-order valence-electron chi connectivity index (χ2n) is 4.03. The second kappa shape index (κ2) is 5.81. The number of rotatable bonds is 4. The van der Waals surface area contributed by atoms with Gasteiger partial charge in [-0.1, -0.05) is 6.58 Å². The molecule has 1 heterocycles. The van der Waals surface area contributed by atoms with E-state index in [1.807, 2.05) is 0 Å². The van der Waals surface area contributed by atoms with E-state index in [0.717, 1.165) is 18.9 Å². The quantitative estimate of drug-likeness (QED) is 0.681. The molecule has 0 bridgehead atoms. The highest BCUT2D eigenvalue weighted by molar-refractivity contribution is 5.86. The third kappa shape index (κ3) is 3.92. The minimum absolute atomic E-state index is 0.0575. The summed E-state index contributed by atoms with van der Waals surface area (Å²) in [6.07, 6.45) is 4.96. The van der Waals surface area contributed by atoms with E-state index >= 15 is 0 Å². The molecule has 0 atom stereocenters. The largest absolute Gasteiger partial charge is 0.353 e. The summed E-state index contributed by atoms with van der Waals surface area (Å²) in [4.78, 5) is 13.2. The van der Waals surface area contributed by atoms with Crippen molar-refractivity contribution >= 4 is 5.91 Å². The van der Waals surface area contributed by atoms with E-state index in [2.05, 4.69) is 23.8 Å². The summed E-state index contributed by atoms with van der Waals surface area (Å²) in [5.41, 5.74) is 0. The van der Waals surface area contributed by atoms with Crippen LogP contribution in [0.3, 0.4) is 0 Å². The molecule has 1 rings (SSSR count). The maximum atomic E-state index is 10.9. The molecule has 3 heteroatoms. The van der Waals surface area contributed by atoms with Gasteiger partial charge in [0, 0.05) is 6.54 Å². The first-order valence-electron chi connectivity index (χ1n) is 5.31. The van der Waals surface area contributed by atoms with Crippen molar-refractivity contribution in [1.82, 2.24) is 10.2 Å². The van der Waals surface area contributed by atoms with E-state index in [-0.39, 0.29) is 5.91 Å². The van der Waals surface area contributed by atoms with Gasteiger partial charge in [0.15, 0.2) is 0 Å². The van der Waals surface area contributed by atoms with Gasteiger partial charge < -0.3 is 10.2 Å². The molecule has 0 aromatic heterocycles. The average Bonchev–Trinajstić information content (AvgIpc) is 2.21. The molecule has 80 valence electrons. The van der Waals surface area contributed by atoms with Gasteiger partial charge in [-0.15, -0.1) is 0 Å². The van der Waals surface area contributed by atoms with Crippen LogP contribution >= 0.6 is 0 Å². The third-order valence-electron chi connectivity index (χ3n) is 2.88. The Morgan fingerprint density at radius 2 is 2.21 bits per heavy atom. The van der Waals surface area contributed by atoms with E-state index in [1.165, 1.54) is 32.0 Å². The zero-order valence-corrected chi connectivity index (χ0v) is 8.96. The number of carbonyl (C=O) groups excluding carboxylic acids is 1.